The van der Waals surface area contributed by atoms with Crippen molar-refractivity contribution >= 4 is 35.7 Å². The average molecular weight is 1660 g/mol. The Labute approximate surface area is 691 Å². The summed E-state index contributed by atoms with van der Waals surface area (Å²) in [6.07, 6.45) is -32.5. The van der Waals surface area contributed by atoms with Crippen molar-refractivity contribution < 1.29 is 139 Å². The summed E-state index contributed by atoms with van der Waals surface area (Å²) in [4.78, 5) is 85.5. The number of amides is 2. The summed E-state index contributed by atoms with van der Waals surface area (Å²) in [5.41, 5.74) is 3.02. The quantitative estimate of drug-likeness (QED) is 0.0180. The fourth-order valence-electron chi connectivity index (χ4n) is 14.9. The SMILES string of the molecule is COC(=O)[C@@]1(O[C@H]2[C@@H](O)[C@@H](COCc3ccccc3)O[C@@H](O[C@H]3[C@H](OCc4ccccc4)[C@@H](OC(=O)C(C)(C)C)[C@H](OCc4ccccc4)O[C@@H]3COCc3ccccc3)[C@@H]2OCc2ccccc2)C[C@H](O)[C@@H](NC(C)=O)[C@H]([C@H](O)[C@@H](CO)O[C@]2(C(=O)OC)C[C@H](OCc3ccccc3)[C@@H](NC(C)=O)[C@H]([C@H](OC(C)=O)[C@H]3COC(C)(C)O3)O2)O1. The lowest BCUT2D eigenvalue weighted by molar-refractivity contribution is -0.395. The van der Waals surface area contributed by atoms with Gasteiger partial charge in [0.1, 0.15) is 73.2 Å². The summed E-state index contributed by atoms with van der Waals surface area (Å²) in [6.45, 7) is 8.86. The van der Waals surface area contributed by atoms with E-state index < -0.39 is 207 Å². The van der Waals surface area contributed by atoms with Crippen molar-refractivity contribution in [2.24, 2.45) is 5.41 Å². The number of carbonyl (C=O) groups excluding carboxylic acids is 6. The van der Waals surface area contributed by atoms with Gasteiger partial charge in [0.05, 0.1) is 110 Å². The molecule has 119 heavy (non-hydrogen) atoms. The second-order valence-electron chi connectivity index (χ2n) is 31.4. The van der Waals surface area contributed by atoms with Crippen molar-refractivity contribution in [1.82, 2.24) is 10.6 Å². The smallest absolute Gasteiger partial charge is 0.366 e. The summed E-state index contributed by atoms with van der Waals surface area (Å²) in [5, 5.41) is 56.9. The molecule has 0 saturated carbocycles. The number of ether oxygens (including phenoxy) is 19. The first-order valence-corrected chi connectivity index (χ1v) is 39.7. The van der Waals surface area contributed by atoms with Crippen LogP contribution < -0.4 is 10.6 Å². The number of methoxy groups -OCH3 is 2. The number of aliphatic hydroxyl groups is 4. The maximum absolute atomic E-state index is 15.5. The van der Waals surface area contributed by atoms with Crippen LogP contribution in [0.25, 0.3) is 0 Å². The van der Waals surface area contributed by atoms with Crippen molar-refractivity contribution in [3.63, 3.8) is 0 Å². The number of rotatable bonds is 37. The first-order chi connectivity index (χ1) is 57.1. The Bertz CT molecular complexity index is 4180. The molecule has 6 aromatic carbocycles. The number of nitrogens with one attached hydrogen (secondary N) is 2. The lowest BCUT2D eigenvalue weighted by Crippen LogP contribution is -2.72. The highest BCUT2D eigenvalue weighted by Crippen LogP contribution is 2.45. The molecule has 5 saturated heterocycles. The number of hydrogen-bond acceptors (Lipinski definition) is 29. The molecule has 31 heteroatoms. The van der Waals surface area contributed by atoms with Gasteiger partial charge in [-0.15, -0.1) is 0 Å². The van der Waals surface area contributed by atoms with Crippen molar-refractivity contribution in [3.8, 4) is 0 Å². The van der Waals surface area contributed by atoms with Gasteiger partial charge in [0.25, 0.3) is 11.6 Å². The molecule has 22 atom stereocenters. The number of esters is 4. The molecule has 0 bridgehead atoms. The van der Waals surface area contributed by atoms with Crippen LogP contribution in [0.4, 0.5) is 0 Å². The molecule has 6 N–H and O–H groups in total. The van der Waals surface area contributed by atoms with Gasteiger partial charge in [-0.1, -0.05) is 182 Å². The summed E-state index contributed by atoms with van der Waals surface area (Å²) in [7, 11) is 1.96. The van der Waals surface area contributed by atoms with Crippen LogP contribution in [0.1, 0.15) is 102 Å². The predicted molar refractivity (Wildman–Crippen MR) is 419 cm³/mol. The van der Waals surface area contributed by atoms with Crippen LogP contribution in [0.2, 0.25) is 0 Å². The van der Waals surface area contributed by atoms with E-state index in [1.165, 1.54) is 6.92 Å². The summed E-state index contributed by atoms with van der Waals surface area (Å²) < 4.78 is 125. The zero-order valence-electron chi connectivity index (χ0n) is 68.3. The van der Waals surface area contributed by atoms with Crippen LogP contribution >= 0.6 is 0 Å². The minimum absolute atomic E-state index is 0.0366. The third-order valence-electron chi connectivity index (χ3n) is 20.7. The number of aliphatic hydroxyl groups excluding tert-OH is 4. The average Bonchev–Trinajstić information content (AvgIpc) is 1.39. The highest BCUT2D eigenvalue weighted by molar-refractivity contribution is 5.80. The molecule has 5 fully saturated rings. The Hall–Kier alpha value is -8.62. The monoisotopic (exact) mass is 1660 g/mol. The predicted octanol–water partition coefficient (Wildman–Crippen LogP) is 6.44. The van der Waals surface area contributed by atoms with Crippen LogP contribution in [0.15, 0.2) is 182 Å². The third kappa shape index (κ3) is 24.2. The Kier molecular flexibility index (Phi) is 32.4. The number of carbonyl (C=O) groups is 6. The molecule has 0 aromatic heterocycles. The second kappa shape index (κ2) is 42.3. The van der Waals surface area contributed by atoms with Gasteiger partial charge >= 0.3 is 23.9 Å². The summed E-state index contributed by atoms with van der Waals surface area (Å²) in [5.74, 6) is -12.9. The standard InChI is InChI=1S/C88H110N2O29/c1-53(92)89-68-62(95)41-87(83(99)101-9,117-74(68)70(96)64(43-91)116-88(84(100)102-10)42-63(105-46-58-33-21-13-22-34-58)69(90-54(2)93)75(118-88)73(110-55(3)94)67-52-109-86(7,8)115-67)119-76-71(97)65(50-103-44-56-29-17-11-18-30-56)111-81(78(76)107-48-60-37-25-15-26-38-60)113-72-66(51-104-45-57-31-19-12-20-32-57)112-80(108-49-61-39-27-16-28-40-61)79(114-82(98)85(4,5)6)77(72)106-47-59-35-23-14-24-36-59/h11-40,62-81,91,95-97H,41-52H2,1-10H3,(H,89,92)(H,90,93)/t62-,63-,64+,65+,66+,67+,68+,69+,70+,71-,72+,73+,74+,75+,76-,77-,78+,79+,80+,81-,87-,88+/m0/s1. The molecule has 0 unspecified atom stereocenters. The maximum Gasteiger partial charge on any atom is 0.366 e. The Morgan fingerprint density at radius 3 is 1.45 bits per heavy atom. The van der Waals surface area contributed by atoms with Crippen LogP contribution in [-0.2, 0) is 158 Å². The van der Waals surface area contributed by atoms with E-state index in [9.17, 15) is 39.6 Å². The molecule has 2 amide bonds. The molecule has 0 aliphatic carbocycles. The highest BCUT2D eigenvalue weighted by Gasteiger charge is 2.65. The van der Waals surface area contributed by atoms with Gasteiger partial charge in [0.2, 0.25) is 11.8 Å². The van der Waals surface area contributed by atoms with E-state index in [-0.39, 0.29) is 52.9 Å². The Morgan fingerprint density at radius 1 is 0.521 bits per heavy atom. The van der Waals surface area contributed by atoms with Crippen LogP contribution in [-0.4, -0.2) is 236 Å². The van der Waals surface area contributed by atoms with Gasteiger partial charge in [0, 0.05) is 33.6 Å². The maximum atomic E-state index is 15.5. The number of hydrogen-bond donors (Lipinski definition) is 6. The lowest BCUT2D eigenvalue weighted by atomic mass is 9.86. The molecule has 5 aliphatic heterocycles. The molecule has 31 nitrogen and oxygen atoms in total. The Morgan fingerprint density at radius 2 is 0.975 bits per heavy atom. The van der Waals surface area contributed by atoms with E-state index in [0.29, 0.717) is 16.7 Å². The van der Waals surface area contributed by atoms with Gasteiger partial charge in [0.15, 0.2) is 30.6 Å². The van der Waals surface area contributed by atoms with Crippen LogP contribution in [0.3, 0.4) is 0 Å². The van der Waals surface area contributed by atoms with E-state index in [0.717, 1.165) is 44.8 Å². The zero-order chi connectivity index (χ0) is 85.0. The fourth-order valence-corrected chi connectivity index (χ4v) is 14.9. The largest absolute Gasteiger partial charge is 0.465 e. The molecular formula is C88H110N2O29. The van der Waals surface area contributed by atoms with E-state index in [4.69, 9.17) is 90.0 Å². The normalized spacial score (nSPS) is 29.5. The molecule has 5 heterocycles. The van der Waals surface area contributed by atoms with E-state index in [1.54, 1.807) is 95.3 Å². The highest BCUT2D eigenvalue weighted by atomic mass is 16.8. The van der Waals surface area contributed by atoms with Gasteiger partial charge in [-0.25, -0.2) is 9.59 Å². The number of benzene rings is 6. The third-order valence-corrected chi connectivity index (χ3v) is 20.7. The van der Waals surface area contributed by atoms with Crippen molar-refractivity contribution in [2.75, 3.05) is 40.6 Å². The van der Waals surface area contributed by atoms with Gasteiger partial charge in [-0.05, 0) is 68.0 Å². The van der Waals surface area contributed by atoms with Gasteiger partial charge in [-0.3, -0.25) is 19.2 Å². The minimum atomic E-state index is -3.06. The molecule has 6 aromatic rings. The van der Waals surface area contributed by atoms with Crippen molar-refractivity contribution in [2.45, 2.75) is 248 Å². The molecule has 0 radical (unpaired) electrons. The molecule has 0 spiro atoms. The van der Waals surface area contributed by atoms with Crippen LogP contribution in [0.5, 0.6) is 0 Å². The van der Waals surface area contributed by atoms with Gasteiger partial charge in [-0.2, -0.15) is 0 Å². The Balaban J connectivity index is 1.03. The minimum Gasteiger partial charge on any atom is -0.465 e. The molecular weight excluding hydrogens is 1550 g/mol. The van der Waals surface area contributed by atoms with E-state index >= 15 is 9.59 Å². The summed E-state index contributed by atoms with van der Waals surface area (Å²) >= 11 is 0. The van der Waals surface area contributed by atoms with E-state index in [1.807, 2.05) is 121 Å². The molecule has 646 valence electrons. The van der Waals surface area contributed by atoms with Gasteiger partial charge < -0.3 is 121 Å². The van der Waals surface area contributed by atoms with Crippen molar-refractivity contribution in [3.05, 3.63) is 215 Å². The second-order valence-corrected chi connectivity index (χ2v) is 31.4. The fraction of sp³-hybridized carbons (Fsp3) is 0.523. The summed E-state index contributed by atoms with van der Waals surface area (Å²) in [6, 6.07) is 51.3. The molecule has 11 rings (SSSR count). The molecule has 5 aliphatic rings. The van der Waals surface area contributed by atoms with E-state index in [2.05, 4.69) is 10.6 Å². The first-order valence-electron chi connectivity index (χ1n) is 39.7. The van der Waals surface area contributed by atoms with Crippen LogP contribution in [0, 0.1) is 5.41 Å². The topological polar surface area (TPSA) is 383 Å². The first kappa shape index (κ1) is 91.1. The van der Waals surface area contributed by atoms with Crippen molar-refractivity contribution in [1.29, 1.82) is 0 Å². The lowest BCUT2D eigenvalue weighted by Gasteiger charge is -2.52. The zero-order valence-corrected chi connectivity index (χ0v) is 68.3.